The molecule has 0 unspecified atom stereocenters. The summed E-state index contributed by atoms with van der Waals surface area (Å²) in [4.78, 5) is 0. The lowest BCUT2D eigenvalue weighted by atomic mass is 10.2. The summed E-state index contributed by atoms with van der Waals surface area (Å²) < 4.78 is 36.6. The van der Waals surface area contributed by atoms with E-state index in [2.05, 4.69) is 42.6 Å². The van der Waals surface area contributed by atoms with Crippen LogP contribution in [0.15, 0.2) is 34.9 Å². The molecule has 0 radical (unpaired) electrons. The fourth-order valence-electron chi connectivity index (χ4n) is 1.82. The standard InChI is InChI=1S/C13H9F2IN4O2/c1-20-6-9(16)10(19-20)12-18-17-11(22-12)7-2-4-8(5-3-7)21-13(14)15/h2-6,13H,1H3. The Morgan fingerprint density at radius 1 is 1.18 bits per heavy atom. The number of rotatable bonds is 4. The molecule has 2 heterocycles. The molecule has 0 aliphatic carbocycles. The lowest BCUT2D eigenvalue weighted by Crippen LogP contribution is -2.01. The van der Waals surface area contributed by atoms with Crippen LogP contribution in [0.1, 0.15) is 0 Å². The van der Waals surface area contributed by atoms with Gasteiger partial charge in [-0.3, -0.25) is 4.68 Å². The Hall–Kier alpha value is -2.04. The third-order valence-electron chi connectivity index (χ3n) is 2.74. The minimum atomic E-state index is -2.85. The van der Waals surface area contributed by atoms with Gasteiger partial charge in [0.05, 0.1) is 3.57 Å². The molecule has 3 rings (SSSR count). The Kier molecular flexibility index (Phi) is 4.05. The number of aromatic nitrogens is 4. The van der Waals surface area contributed by atoms with Crippen molar-refractivity contribution in [3.8, 4) is 28.8 Å². The Morgan fingerprint density at radius 2 is 1.86 bits per heavy atom. The quantitative estimate of drug-likeness (QED) is 0.609. The summed E-state index contributed by atoms with van der Waals surface area (Å²) in [5, 5.41) is 12.1. The lowest BCUT2D eigenvalue weighted by molar-refractivity contribution is -0.0498. The summed E-state index contributed by atoms with van der Waals surface area (Å²) >= 11 is 2.13. The van der Waals surface area contributed by atoms with Gasteiger partial charge in [-0.2, -0.15) is 13.9 Å². The molecule has 0 saturated carbocycles. The highest BCUT2D eigenvalue weighted by Gasteiger charge is 2.16. The third kappa shape index (κ3) is 3.08. The number of benzene rings is 1. The van der Waals surface area contributed by atoms with Gasteiger partial charge in [-0.1, -0.05) is 0 Å². The minimum absolute atomic E-state index is 0.0674. The van der Waals surface area contributed by atoms with Crippen molar-refractivity contribution in [1.82, 2.24) is 20.0 Å². The predicted octanol–water partition coefficient (Wildman–Crippen LogP) is 3.34. The van der Waals surface area contributed by atoms with Crippen LogP contribution in [0.2, 0.25) is 0 Å². The van der Waals surface area contributed by atoms with Crippen LogP contribution in [0, 0.1) is 3.57 Å². The van der Waals surface area contributed by atoms with Gasteiger partial charge in [0.1, 0.15) is 5.75 Å². The van der Waals surface area contributed by atoms with Crippen LogP contribution in [0.3, 0.4) is 0 Å². The van der Waals surface area contributed by atoms with Gasteiger partial charge in [0.25, 0.3) is 5.89 Å². The van der Waals surface area contributed by atoms with Crippen molar-refractivity contribution < 1.29 is 17.9 Å². The number of alkyl halides is 2. The maximum absolute atomic E-state index is 12.1. The number of aryl methyl sites for hydroxylation is 1. The van der Waals surface area contributed by atoms with Crippen LogP contribution in [0.5, 0.6) is 5.75 Å². The SMILES string of the molecule is Cn1cc(I)c(-c2nnc(-c3ccc(OC(F)F)cc3)o2)n1. The largest absolute Gasteiger partial charge is 0.435 e. The molecule has 0 aliphatic rings. The highest BCUT2D eigenvalue weighted by Crippen LogP contribution is 2.27. The van der Waals surface area contributed by atoms with Crippen LogP contribution in [0.25, 0.3) is 23.0 Å². The van der Waals surface area contributed by atoms with Gasteiger partial charge < -0.3 is 9.15 Å². The van der Waals surface area contributed by atoms with Crippen LogP contribution in [-0.4, -0.2) is 26.6 Å². The van der Waals surface area contributed by atoms with Gasteiger partial charge in [-0.15, -0.1) is 10.2 Å². The van der Waals surface area contributed by atoms with Crippen molar-refractivity contribution in [3.63, 3.8) is 0 Å². The van der Waals surface area contributed by atoms with Gasteiger partial charge in [0.2, 0.25) is 5.89 Å². The molecular formula is C13H9F2IN4O2. The zero-order valence-corrected chi connectivity index (χ0v) is 13.4. The monoisotopic (exact) mass is 418 g/mol. The molecule has 22 heavy (non-hydrogen) atoms. The van der Waals surface area contributed by atoms with E-state index in [1.807, 2.05) is 6.20 Å². The molecule has 0 bridgehead atoms. The van der Waals surface area contributed by atoms with Crippen molar-refractivity contribution in [2.45, 2.75) is 6.61 Å². The first-order valence-corrected chi connectivity index (χ1v) is 7.19. The van der Waals surface area contributed by atoms with E-state index in [9.17, 15) is 8.78 Å². The van der Waals surface area contributed by atoms with E-state index in [0.29, 0.717) is 17.1 Å². The maximum atomic E-state index is 12.1. The molecule has 3 aromatic rings. The summed E-state index contributed by atoms with van der Waals surface area (Å²) in [6.45, 7) is -2.85. The Balaban J connectivity index is 1.86. The number of nitrogens with zero attached hydrogens (tertiary/aromatic N) is 4. The molecule has 0 aliphatic heterocycles. The van der Waals surface area contributed by atoms with Crippen molar-refractivity contribution >= 4 is 22.6 Å². The van der Waals surface area contributed by atoms with E-state index in [1.165, 1.54) is 12.1 Å². The summed E-state index contributed by atoms with van der Waals surface area (Å²) in [5.41, 5.74) is 1.20. The van der Waals surface area contributed by atoms with Crippen LogP contribution >= 0.6 is 22.6 Å². The molecule has 9 heteroatoms. The average Bonchev–Trinajstić information content (AvgIpc) is 3.05. The highest BCUT2D eigenvalue weighted by molar-refractivity contribution is 14.1. The molecule has 2 aromatic heterocycles. The second-order valence-electron chi connectivity index (χ2n) is 4.31. The zero-order valence-electron chi connectivity index (χ0n) is 11.2. The smallest absolute Gasteiger partial charge is 0.387 e. The molecule has 0 amide bonds. The summed E-state index contributed by atoms with van der Waals surface area (Å²) in [7, 11) is 1.80. The van der Waals surface area contributed by atoms with Crippen molar-refractivity contribution in [1.29, 1.82) is 0 Å². The van der Waals surface area contributed by atoms with E-state index in [0.717, 1.165) is 3.57 Å². The van der Waals surface area contributed by atoms with E-state index in [1.54, 1.807) is 23.9 Å². The molecule has 0 fully saturated rings. The van der Waals surface area contributed by atoms with E-state index in [4.69, 9.17) is 4.42 Å². The second kappa shape index (κ2) is 5.99. The number of ether oxygens (including phenoxy) is 1. The Labute approximate surface area is 137 Å². The van der Waals surface area contributed by atoms with Crippen molar-refractivity contribution in [3.05, 3.63) is 34.0 Å². The molecule has 0 saturated heterocycles. The average molecular weight is 418 g/mol. The topological polar surface area (TPSA) is 66.0 Å². The number of hydrogen-bond donors (Lipinski definition) is 0. The molecule has 0 N–H and O–H groups in total. The molecule has 0 atom stereocenters. The van der Waals surface area contributed by atoms with Gasteiger partial charge in [0.15, 0.2) is 5.69 Å². The van der Waals surface area contributed by atoms with Crippen molar-refractivity contribution in [2.24, 2.45) is 7.05 Å². The normalized spacial score (nSPS) is 11.1. The number of halogens is 3. The number of hydrogen-bond acceptors (Lipinski definition) is 5. The third-order valence-corrected chi connectivity index (χ3v) is 3.53. The minimum Gasteiger partial charge on any atom is -0.435 e. The zero-order chi connectivity index (χ0) is 15.7. The van der Waals surface area contributed by atoms with Gasteiger partial charge >= 0.3 is 6.61 Å². The molecule has 1 aromatic carbocycles. The van der Waals surface area contributed by atoms with E-state index < -0.39 is 6.61 Å². The summed E-state index contributed by atoms with van der Waals surface area (Å²) in [6, 6.07) is 5.96. The molecule has 114 valence electrons. The van der Waals surface area contributed by atoms with Crippen LogP contribution in [-0.2, 0) is 7.05 Å². The van der Waals surface area contributed by atoms with Crippen LogP contribution in [0.4, 0.5) is 8.78 Å². The van der Waals surface area contributed by atoms with Gasteiger partial charge in [0, 0.05) is 18.8 Å². The first-order chi connectivity index (χ1) is 10.5. The highest BCUT2D eigenvalue weighted by atomic mass is 127. The molecule has 6 nitrogen and oxygen atoms in total. The molecular weight excluding hydrogens is 409 g/mol. The maximum Gasteiger partial charge on any atom is 0.387 e. The second-order valence-corrected chi connectivity index (χ2v) is 5.48. The Morgan fingerprint density at radius 3 is 2.45 bits per heavy atom. The Bertz CT molecular complexity index is 786. The summed E-state index contributed by atoms with van der Waals surface area (Å²) in [5.74, 6) is 0.644. The fourth-order valence-corrected chi connectivity index (χ4v) is 2.56. The van der Waals surface area contributed by atoms with Gasteiger partial charge in [-0.25, -0.2) is 0 Å². The van der Waals surface area contributed by atoms with E-state index in [-0.39, 0.29) is 11.6 Å². The van der Waals surface area contributed by atoms with Gasteiger partial charge in [-0.05, 0) is 46.9 Å². The lowest BCUT2D eigenvalue weighted by Gasteiger charge is -2.03. The molecule has 0 spiro atoms. The summed E-state index contributed by atoms with van der Waals surface area (Å²) in [6.07, 6.45) is 1.83. The fraction of sp³-hybridized carbons (Fsp3) is 0.154. The van der Waals surface area contributed by atoms with E-state index >= 15 is 0 Å². The van der Waals surface area contributed by atoms with Crippen molar-refractivity contribution in [2.75, 3.05) is 0 Å². The predicted molar refractivity (Wildman–Crippen MR) is 81.3 cm³/mol. The first kappa shape index (κ1) is 14.9. The van der Waals surface area contributed by atoms with Crippen LogP contribution < -0.4 is 4.74 Å². The first-order valence-electron chi connectivity index (χ1n) is 6.11.